The van der Waals surface area contributed by atoms with Gasteiger partial charge in [0.1, 0.15) is 5.82 Å². The number of halogens is 3. The lowest BCUT2D eigenvalue weighted by atomic mass is 10.2. The Kier molecular flexibility index (Phi) is 6.86. The zero-order chi connectivity index (χ0) is 13.5. The van der Waals surface area contributed by atoms with Crippen LogP contribution in [-0.4, -0.2) is 29.2 Å². The van der Waals surface area contributed by atoms with Gasteiger partial charge in [0.05, 0.1) is 4.47 Å². The van der Waals surface area contributed by atoms with Crippen molar-refractivity contribution in [1.29, 1.82) is 0 Å². The van der Waals surface area contributed by atoms with E-state index in [1.807, 2.05) is 0 Å². The molecule has 0 N–H and O–H groups in total. The second-order valence-electron chi connectivity index (χ2n) is 3.96. The van der Waals surface area contributed by atoms with Gasteiger partial charge in [0.15, 0.2) is 0 Å². The molecule has 0 bridgehead atoms. The van der Waals surface area contributed by atoms with Crippen LogP contribution < -0.4 is 0 Å². The first-order valence-electron chi connectivity index (χ1n) is 5.90. The lowest BCUT2D eigenvalue weighted by Crippen LogP contribution is -2.33. The summed E-state index contributed by atoms with van der Waals surface area (Å²) in [4.78, 5) is 14.1. The Bertz CT molecular complexity index is 412. The smallest absolute Gasteiger partial charge is 0.253 e. The Morgan fingerprint density at radius 3 is 2.67 bits per heavy atom. The predicted octanol–water partition coefficient (Wildman–Crippen LogP) is 4.23. The van der Waals surface area contributed by atoms with Crippen molar-refractivity contribution in [2.75, 3.05) is 18.4 Å². The predicted molar refractivity (Wildman–Crippen MR) is 78.7 cm³/mol. The summed E-state index contributed by atoms with van der Waals surface area (Å²) in [5.74, 6) is -0.407. The summed E-state index contributed by atoms with van der Waals surface area (Å²) >= 11 is 6.45. The normalized spacial score (nSPS) is 10.4. The minimum atomic E-state index is -0.354. The van der Waals surface area contributed by atoms with Crippen molar-refractivity contribution < 1.29 is 9.18 Å². The molecule has 18 heavy (non-hydrogen) atoms. The largest absolute Gasteiger partial charge is 0.338 e. The van der Waals surface area contributed by atoms with Gasteiger partial charge in [-0.25, -0.2) is 4.39 Å². The molecule has 1 amide bonds. The molecule has 0 saturated heterocycles. The second-order valence-corrected chi connectivity index (χ2v) is 5.61. The van der Waals surface area contributed by atoms with E-state index in [0.717, 1.165) is 24.7 Å². The number of carbonyl (C=O) groups excluding carboxylic acids is 1. The Morgan fingerprint density at radius 2 is 2.11 bits per heavy atom. The molecule has 0 heterocycles. The summed E-state index contributed by atoms with van der Waals surface area (Å²) < 4.78 is 13.5. The summed E-state index contributed by atoms with van der Waals surface area (Å²) in [5.41, 5.74) is 0.514. The van der Waals surface area contributed by atoms with Crippen LogP contribution in [0.4, 0.5) is 4.39 Å². The van der Waals surface area contributed by atoms with Gasteiger partial charge in [-0.15, -0.1) is 0 Å². The van der Waals surface area contributed by atoms with Crippen LogP contribution in [0, 0.1) is 5.82 Å². The van der Waals surface area contributed by atoms with Crippen molar-refractivity contribution in [3.05, 3.63) is 34.1 Å². The highest BCUT2D eigenvalue weighted by Crippen LogP contribution is 2.18. The SMILES string of the molecule is CCCCN(CCBr)C(=O)c1ccc(F)c(Br)c1. The summed E-state index contributed by atoms with van der Waals surface area (Å²) in [6.07, 6.45) is 2.01. The first-order chi connectivity index (χ1) is 8.60. The average molecular weight is 381 g/mol. The van der Waals surface area contributed by atoms with Gasteiger partial charge < -0.3 is 4.90 Å². The lowest BCUT2D eigenvalue weighted by Gasteiger charge is -2.21. The first kappa shape index (κ1) is 15.6. The maximum absolute atomic E-state index is 13.1. The minimum Gasteiger partial charge on any atom is -0.338 e. The first-order valence-corrected chi connectivity index (χ1v) is 7.82. The quantitative estimate of drug-likeness (QED) is 0.676. The number of hydrogen-bond acceptors (Lipinski definition) is 1. The van der Waals surface area contributed by atoms with E-state index in [2.05, 4.69) is 38.8 Å². The highest BCUT2D eigenvalue weighted by molar-refractivity contribution is 9.10. The fraction of sp³-hybridized carbons (Fsp3) is 0.462. The number of nitrogens with zero attached hydrogens (tertiary/aromatic N) is 1. The second kappa shape index (κ2) is 7.89. The molecule has 0 aliphatic heterocycles. The Labute approximate surface area is 124 Å². The highest BCUT2D eigenvalue weighted by atomic mass is 79.9. The van der Waals surface area contributed by atoms with E-state index in [0.29, 0.717) is 16.6 Å². The maximum atomic E-state index is 13.1. The van der Waals surface area contributed by atoms with Gasteiger partial charge in [-0.05, 0) is 40.5 Å². The molecule has 2 nitrogen and oxygen atoms in total. The van der Waals surface area contributed by atoms with Crippen LogP contribution >= 0.6 is 31.9 Å². The third kappa shape index (κ3) is 4.35. The van der Waals surface area contributed by atoms with E-state index >= 15 is 0 Å². The van der Waals surface area contributed by atoms with Crippen LogP contribution in [0.15, 0.2) is 22.7 Å². The maximum Gasteiger partial charge on any atom is 0.253 e. The molecule has 1 rings (SSSR count). The van der Waals surface area contributed by atoms with Crippen LogP contribution in [0.1, 0.15) is 30.1 Å². The van der Waals surface area contributed by atoms with E-state index < -0.39 is 0 Å². The Balaban J connectivity index is 2.83. The van der Waals surface area contributed by atoms with Gasteiger partial charge in [-0.3, -0.25) is 4.79 Å². The van der Waals surface area contributed by atoms with E-state index in [1.165, 1.54) is 18.2 Å². The molecule has 0 unspecified atom stereocenters. The number of hydrogen-bond donors (Lipinski definition) is 0. The molecular weight excluding hydrogens is 365 g/mol. The van der Waals surface area contributed by atoms with Crippen LogP contribution in [0.5, 0.6) is 0 Å². The van der Waals surface area contributed by atoms with Crippen LogP contribution in [0.25, 0.3) is 0 Å². The van der Waals surface area contributed by atoms with Crippen molar-refractivity contribution in [1.82, 2.24) is 4.90 Å². The van der Waals surface area contributed by atoms with Gasteiger partial charge >= 0.3 is 0 Å². The summed E-state index contributed by atoms with van der Waals surface area (Å²) in [6, 6.07) is 4.36. The van der Waals surface area contributed by atoms with E-state index in [4.69, 9.17) is 0 Å². The minimum absolute atomic E-state index is 0.0522. The molecule has 0 aliphatic carbocycles. The molecule has 0 aromatic heterocycles. The molecule has 0 spiro atoms. The van der Waals surface area contributed by atoms with E-state index in [-0.39, 0.29) is 11.7 Å². The molecule has 0 radical (unpaired) electrons. The van der Waals surface area contributed by atoms with Crippen LogP contribution in [0.3, 0.4) is 0 Å². The summed E-state index contributed by atoms with van der Waals surface area (Å²) in [5, 5.41) is 0.741. The summed E-state index contributed by atoms with van der Waals surface area (Å²) in [7, 11) is 0. The standard InChI is InChI=1S/C13H16Br2FNO/c1-2-3-7-17(8-6-14)13(18)10-4-5-12(16)11(15)9-10/h4-5,9H,2-3,6-8H2,1H3. The number of amides is 1. The Morgan fingerprint density at radius 1 is 1.39 bits per heavy atom. The molecule has 100 valence electrons. The number of benzene rings is 1. The summed E-state index contributed by atoms with van der Waals surface area (Å²) in [6.45, 7) is 3.48. The van der Waals surface area contributed by atoms with Crippen molar-refractivity contribution in [3.8, 4) is 0 Å². The van der Waals surface area contributed by atoms with Gasteiger partial charge in [-0.1, -0.05) is 29.3 Å². The fourth-order valence-electron chi connectivity index (χ4n) is 1.58. The van der Waals surface area contributed by atoms with Gasteiger partial charge in [0, 0.05) is 24.0 Å². The molecular formula is C13H16Br2FNO. The molecule has 5 heteroatoms. The Hall–Kier alpha value is -0.420. The zero-order valence-electron chi connectivity index (χ0n) is 10.3. The molecule has 1 aromatic carbocycles. The van der Waals surface area contributed by atoms with Crippen molar-refractivity contribution in [3.63, 3.8) is 0 Å². The van der Waals surface area contributed by atoms with Crippen molar-refractivity contribution in [2.45, 2.75) is 19.8 Å². The lowest BCUT2D eigenvalue weighted by molar-refractivity contribution is 0.0764. The van der Waals surface area contributed by atoms with Crippen LogP contribution in [0.2, 0.25) is 0 Å². The van der Waals surface area contributed by atoms with Crippen molar-refractivity contribution in [2.24, 2.45) is 0 Å². The van der Waals surface area contributed by atoms with E-state index in [9.17, 15) is 9.18 Å². The topological polar surface area (TPSA) is 20.3 Å². The molecule has 0 saturated carbocycles. The average Bonchev–Trinajstić information content (AvgIpc) is 2.37. The molecule has 1 aromatic rings. The number of rotatable bonds is 6. The zero-order valence-corrected chi connectivity index (χ0v) is 13.4. The van der Waals surface area contributed by atoms with Crippen molar-refractivity contribution >= 4 is 37.8 Å². The number of carbonyl (C=O) groups is 1. The van der Waals surface area contributed by atoms with Gasteiger partial charge in [0.25, 0.3) is 5.91 Å². The van der Waals surface area contributed by atoms with Crippen LogP contribution in [-0.2, 0) is 0 Å². The fourth-order valence-corrected chi connectivity index (χ4v) is 2.38. The monoisotopic (exact) mass is 379 g/mol. The molecule has 0 fully saturated rings. The van der Waals surface area contributed by atoms with Gasteiger partial charge in [-0.2, -0.15) is 0 Å². The number of alkyl halides is 1. The van der Waals surface area contributed by atoms with Gasteiger partial charge in [0.2, 0.25) is 0 Å². The molecule has 0 atom stereocenters. The third-order valence-electron chi connectivity index (χ3n) is 2.59. The highest BCUT2D eigenvalue weighted by Gasteiger charge is 2.15. The number of unbranched alkanes of at least 4 members (excludes halogenated alkanes) is 1. The van der Waals surface area contributed by atoms with E-state index in [1.54, 1.807) is 4.90 Å². The molecule has 0 aliphatic rings. The third-order valence-corrected chi connectivity index (χ3v) is 3.55.